The summed E-state index contributed by atoms with van der Waals surface area (Å²) in [6, 6.07) is 2.31. The minimum atomic E-state index is -0.649. The Hall–Kier alpha value is -0.390. The van der Waals surface area contributed by atoms with Gasteiger partial charge in [-0.3, -0.25) is 9.69 Å². The number of likely N-dealkylation sites (tertiary alicyclic amines) is 1. The summed E-state index contributed by atoms with van der Waals surface area (Å²) in [5.41, 5.74) is 1.23. The molecule has 1 aliphatic carbocycles. The summed E-state index contributed by atoms with van der Waals surface area (Å²) < 4.78 is 1.12. The maximum absolute atomic E-state index is 11.5. The van der Waals surface area contributed by atoms with Crippen LogP contribution in [0.15, 0.2) is 15.2 Å². The predicted octanol–water partition coefficient (Wildman–Crippen LogP) is 3.73. The number of nitrogens with zero attached hydrogens (tertiary/aromatic N) is 1. The summed E-state index contributed by atoms with van der Waals surface area (Å²) in [6.07, 6.45) is 5.73. The van der Waals surface area contributed by atoms with Crippen molar-refractivity contribution in [2.45, 2.75) is 50.7 Å². The molecule has 2 aliphatic rings. The van der Waals surface area contributed by atoms with Crippen molar-refractivity contribution in [2.75, 3.05) is 0 Å². The Morgan fingerprint density at radius 3 is 2.95 bits per heavy atom. The van der Waals surface area contributed by atoms with E-state index in [1.807, 2.05) is 0 Å². The van der Waals surface area contributed by atoms with E-state index in [1.165, 1.54) is 31.2 Å². The highest BCUT2D eigenvalue weighted by atomic mass is 79.9. The number of hydrogen-bond donors (Lipinski definition) is 1. The molecule has 1 aliphatic heterocycles. The van der Waals surface area contributed by atoms with Gasteiger partial charge in [-0.1, -0.05) is 12.8 Å². The van der Waals surface area contributed by atoms with E-state index in [1.54, 1.807) is 11.3 Å². The van der Waals surface area contributed by atoms with Gasteiger partial charge < -0.3 is 5.11 Å². The van der Waals surface area contributed by atoms with Crippen LogP contribution < -0.4 is 0 Å². The van der Waals surface area contributed by atoms with Gasteiger partial charge in [-0.05, 0) is 58.1 Å². The zero-order valence-electron chi connectivity index (χ0n) is 10.7. The van der Waals surface area contributed by atoms with E-state index in [0.717, 1.165) is 16.8 Å². The predicted molar refractivity (Wildman–Crippen MR) is 79.3 cm³/mol. The van der Waals surface area contributed by atoms with Crippen molar-refractivity contribution in [1.82, 2.24) is 4.90 Å². The van der Waals surface area contributed by atoms with Gasteiger partial charge in [-0.2, -0.15) is 0 Å². The van der Waals surface area contributed by atoms with E-state index in [9.17, 15) is 9.90 Å². The number of fused-ring (bicyclic) bond motifs is 1. The molecule has 19 heavy (non-hydrogen) atoms. The van der Waals surface area contributed by atoms with E-state index in [0.29, 0.717) is 12.0 Å². The molecule has 2 heterocycles. The fraction of sp³-hybridized carbons (Fsp3) is 0.643. The molecule has 0 aromatic carbocycles. The Morgan fingerprint density at radius 2 is 2.26 bits per heavy atom. The fourth-order valence-corrected chi connectivity index (χ4v) is 4.86. The van der Waals surface area contributed by atoms with Gasteiger partial charge in [0.1, 0.15) is 6.04 Å². The maximum atomic E-state index is 11.5. The summed E-state index contributed by atoms with van der Waals surface area (Å²) in [4.78, 5) is 13.7. The molecular weight excluding hydrogens is 326 g/mol. The smallest absolute Gasteiger partial charge is 0.320 e. The first-order chi connectivity index (χ1) is 9.15. The number of carbonyl (C=O) groups is 1. The van der Waals surface area contributed by atoms with Crippen LogP contribution in [0.3, 0.4) is 0 Å². The molecule has 1 saturated carbocycles. The average Bonchev–Trinajstić information content (AvgIpc) is 2.95. The van der Waals surface area contributed by atoms with Crippen molar-refractivity contribution in [1.29, 1.82) is 0 Å². The van der Waals surface area contributed by atoms with Gasteiger partial charge in [0.25, 0.3) is 0 Å². The molecular formula is C14H18BrNO2S. The molecule has 1 saturated heterocycles. The molecule has 0 spiro atoms. The number of thiophene rings is 1. The fourth-order valence-electron chi connectivity index (χ4n) is 3.66. The molecule has 2 fully saturated rings. The second kappa shape index (κ2) is 5.54. The highest BCUT2D eigenvalue weighted by Crippen LogP contribution is 2.40. The van der Waals surface area contributed by atoms with Crippen molar-refractivity contribution in [3.63, 3.8) is 0 Å². The van der Waals surface area contributed by atoms with Crippen LogP contribution in [-0.2, 0) is 11.3 Å². The van der Waals surface area contributed by atoms with Gasteiger partial charge in [0, 0.05) is 12.6 Å². The highest BCUT2D eigenvalue weighted by Gasteiger charge is 2.44. The standard InChI is InChI=1S/C14H18BrNO2S/c15-13-5-9(8-19-13)7-16-11-4-2-1-3-10(11)6-12(16)14(17)18/h5,8,10-12H,1-4,6-7H2,(H,17,18)/t10-,11+,12+/m1/s1. The van der Waals surface area contributed by atoms with Gasteiger partial charge in [-0.15, -0.1) is 11.3 Å². The lowest BCUT2D eigenvalue weighted by Gasteiger charge is -2.32. The molecule has 1 aromatic heterocycles. The SMILES string of the molecule is O=C(O)[C@@H]1C[C@H]2CCCC[C@@H]2N1Cc1csc(Br)c1. The van der Waals surface area contributed by atoms with Gasteiger partial charge >= 0.3 is 5.97 Å². The summed E-state index contributed by atoms with van der Waals surface area (Å²) in [6.45, 7) is 0.778. The van der Waals surface area contributed by atoms with Crippen LogP contribution in [0.1, 0.15) is 37.7 Å². The third-order valence-electron chi connectivity index (χ3n) is 4.49. The van der Waals surface area contributed by atoms with Crippen LogP contribution in [0.2, 0.25) is 0 Å². The zero-order valence-corrected chi connectivity index (χ0v) is 13.1. The lowest BCUT2D eigenvalue weighted by molar-refractivity contribution is -0.142. The molecule has 0 unspecified atom stereocenters. The van der Waals surface area contributed by atoms with Gasteiger partial charge in [0.15, 0.2) is 0 Å². The lowest BCUT2D eigenvalue weighted by Crippen LogP contribution is -2.41. The van der Waals surface area contributed by atoms with E-state index in [2.05, 4.69) is 32.3 Å². The third-order valence-corrected chi connectivity index (χ3v) is 6.05. The van der Waals surface area contributed by atoms with Crippen LogP contribution in [-0.4, -0.2) is 28.1 Å². The Morgan fingerprint density at radius 1 is 1.47 bits per heavy atom. The largest absolute Gasteiger partial charge is 0.480 e. The van der Waals surface area contributed by atoms with Crippen LogP contribution in [0.5, 0.6) is 0 Å². The molecule has 3 rings (SSSR count). The van der Waals surface area contributed by atoms with Gasteiger partial charge in [0.05, 0.1) is 3.79 Å². The van der Waals surface area contributed by atoms with Crippen LogP contribution in [0.4, 0.5) is 0 Å². The van der Waals surface area contributed by atoms with Crippen molar-refractivity contribution in [3.8, 4) is 0 Å². The quantitative estimate of drug-likeness (QED) is 0.908. The summed E-state index contributed by atoms with van der Waals surface area (Å²) >= 11 is 5.15. The van der Waals surface area contributed by atoms with Crippen molar-refractivity contribution in [2.24, 2.45) is 5.92 Å². The van der Waals surface area contributed by atoms with Crippen LogP contribution >= 0.6 is 27.3 Å². The Kier molecular flexibility index (Phi) is 3.96. The topological polar surface area (TPSA) is 40.5 Å². The lowest BCUT2D eigenvalue weighted by atomic mass is 9.85. The molecule has 0 radical (unpaired) electrons. The minimum absolute atomic E-state index is 0.285. The molecule has 1 N–H and O–H groups in total. The van der Waals surface area contributed by atoms with Crippen LogP contribution in [0, 0.1) is 5.92 Å². The summed E-state index contributed by atoms with van der Waals surface area (Å²) in [5, 5.41) is 11.6. The molecule has 3 nitrogen and oxygen atoms in total. The molecule has 0 bridgehead atoms. The van der Waals surface area contributed by atoms with Gasteiger partial charge in [-0.25, -0.2) is 0 Å². The second-order valence-corrected chi connectivity index (χ2v) is 7.92. The van der Waals surface area contributed by atoms with E-state index in [-0.39, 0.29) is 6.04 Å². The first-order valence-corrected chi connectivity index (χ1v) is 8.54. The molecule has 3 atom stereocenters. The number of carboxylic acid groups (broad SMARTS) is 1. The first-order valence-electron chi connectivity index (χ1n) is 6.86. The maximum Gasteiger partial charge on any atom is 0.320 e. The van der Waals surface area contributed by atoms with E-state index < -0.39 is 5.97 Å². The molecule has 5 heteroatoms. The number of rotatable bonds is 3. The zero-order chi connectivity index (χ0) is 13.4. The summed E-state index contributed by atoms with van der Waals surface area (Å²) in [7, 11) is 0. The number of carboxylic acids is 1. The Bertz CT molecular complexity index is 476. The van der Waals surface area contributed by atoms with E-state index in [4.69, 9.17) is 0 Å². The van der Waals surface area contributed by atoms with Crippen molar-refractivity contribution in [3.05, 3.63) is 20.8 Å². The van der Waals surface area contributed by atoms with E-state index >= 15 is 0 Å². The molecule has 0 amide bonds. The number of halogens is 1. The Balaban J connectivity index is 1.80. The first kappa shape index (κ1) is 13.6. The monoisotopic (exact) mass is 343 g/mol. The van der Waals surface area contributed by atoms with Crippen LogP contribution in [0.25, 0.3) is 0 Å². The number of hydrogen-bond acceptors (Lipinski definition) is 3. The second-order valence-electron chi connectivity index (χ2n) is 5.63. The molecule has 104 valence electrons. The normalized spacial score (nSPS) is 31.3. The Labute approximate surface area is 125 Å². The average molecular weight is 344 g/mol. The highest BCUT2D eigenvalue weighted by molar-refractivity contribution is 9.11. The molecule has 1 aromatic rings. The third kappa shape index (κ3) is 2.73. The number of aliphatic carboxylic acids is 1. The minimum Gasteiger partial charge on any atom is -0.480 e. The van der Waals surface area contributed by atoms with Gasteiger partial charge in [0.2, 0.25) is 0 Å². The van der Waals surface area contributed by atoms with Crippen molar-refractivity contribution >= 4 is 33.2 Å². The van der Waals surface area contributed by atoms with Crippen molar-refractivity contribution < 1.29 is 9.90 Å². The summed E-state index contributed by atoms with van der Waals surface area (Å²) in [5.74, 6) is -0.0550.